The summed E-state index contributed by atoms with van der Waals surface area (Å²) < 4.78 is 53.1. The number of nitrogens with two attached hydrogens (primary N) is 1. The van der Waals surface area contributed by atoms with Gasteiger partial charge in [0.25, 0.3) is 5.91 Å². The molecule has 0 saturated carbocycles. The molecule has 5 rings (SSSR count). The molecule has 3 N–H and O–H groups in total. The van der Waals surface area contributed by atoms with Gasteiger partial charge in [-0.15, -0.1) is 0 Å². The van der Waals surface area contributed by atoms with Crippen LogP contribution in [0.5, 0.6) is 5.75 Å². The molecule has 0 spiro atoms. The van der Waals surface area contributed by atoms with Crippen LogP contribution in [-0.4, -0.2) is 61.9 Å². The third-order valence-electron chi connectivity index (χ3n) is 7.30. The number of amides is 2. The zero-order valence-electron chi connectivity index (χ0n) is 24.9. The molecule has 0 aliphatic carbocycles. The van der Waals surface area contributed by atoms with E-state index in [4.69, 9.17) is 31.8 Å². The number of anilines is 2. The number of carbonyl (C=O) groups excluding carboxylic acids is 2. The van der Waals surface area contributed by atoms with Gasteiger partial charge >= 0.3 is 6.18 Å². The molecule has 1 aromatic carbocycles. The van der Waals surface area contributed by atoms with E-state index in [0.29, 0.717) is 22.6 Å². The number of alkyl halides is 3. The molecule has 1 saturated heterocycles. The van der Waals surface area contributed by atoms with Crippen molar-refractivity contribution in [3.8, 4) is 17.0 Å². The first-order chi connectivity index (χ1) is 21.3. The SMILES string of the molecule is CCOc1cc(C(=O)Nc2cc(C(F)(F)F)ccn2)ccc1-c1nc([C@H]2CN(C(=O)C(C)C)[C@@H](C)CO2)n2c(Cl)cnc(N)c12. The van der Waals surface area contributed by atoms with Gasteiger partial charge in [0, 0.05) is 23.2 Å². The topological polar surface area (TPSA) is 137 Å². The summed E-state index contributed by atoms with van der Waals surface area (Å²) in [5.41, 5.74) is 6.66. The van der Waals surface area contributed by atoms with Crippen molar-refractivity contribution in [1.82, 2.24) is 24.3 Å². The maximum Gasteiger partial charge on any atom is 0.416 e. The zero-order valence-corrected chi connectivity index (χ0v) is 25.6. The van der Waals surface area contributed by atoms with Gasteiger partial charge in [-0.25, -0.2) is 15.0 Å². The number of imidazole rings is 1. The van der Waals surface area contributed by atoms with Crippen molar-refractivity contribution in [2.75, 3.05) is 30.8 Å². The summed E-state index contributed by atoms with van der Waals surface area (Å²) in [6, 6.07) is 5.93. The van der Waals surface area contributed by atoms with Crippen LogP contribution in [0.3, 0.4) is 0 Å². The van der Waals surface area contributed by atoms with E-state index in [1.807, 2.05) is 20.8 Å². The van der Waals surface area contributed by atoms with Crippen LogP contribution in [0.25, 0.3) is 16.8 Å². The van der Waals surface area contributed by atoms with Gasteiger partial charge in [-0.2, -0.15) is 13.2 Å². The molecule has 45 heavy (non-hydrogen) atoms. The van der Waals surface area contributed by atoms with Crippen molar-refractivity contribution in [3.05, 3.63) is 64.8 Å². The number of nitrogens with one attached hydrogen (secondary N) is 1. The minimum absolute atomic E-state index is 0.0167. The normalized spacial score (nSPS) is 17.1. The van der Waals surface area contributed by atoms with E-state index in [0.717, 1.165) is 18.3 Å². The maximum absolute atomic E-state index is 13.1. The molecule has 2 amide bonds. The second kappa shape index (κ2) is 12.5. The lowest BCUT2D eigenvalue weighted by Crippen LogP contribution is -2.50. The summed E-state index contributed by atoms with van der Waals surface area (Å²) in [6.07, 6.45) is -2.89. The third-order valence-corrected chi connectivity index (χ3v) is 7.56. The average Bonchev–Trinajstić information content (AvgIpc) is 3.40. The third kappa shape index (κ3) is 6.38. The fourth-order valence-electron chi connectivity index (χ4n) is 5.09. The minimum atomic E-state index is -4.60. The second-order valence-corrected chi connectivity index (χ2v) is 11.2. The lowest BCUT2D eigenvalue weighted by atomic mass is 10.1. The lowest BCUT2D eigenvalue weighted by Gasteiger charge is -2.38. The van der Waals surface area contributed by atoms with Gasteiger partial charge in [-0.05, 0) is 44.2 Å². The number of halogens is 4. The molecule has 0 unspecified atom stereocenters. The first-order valence-electron chi connectivity index (χ1n) is 14.2. The van der Waals surface area contributed by atoms with Gasteiger partial charge in [0.15, 0.2) is 0 Å². The van der Waals surface area contributed by atoms with E-state index < -0.39 is 23.8 Å². The van der Waals surface area contributed by atoms with E-state index in [1.165, 1.54) is 18.3 Å². The van der Waals surface area contributed by atoms with Gasteiger partial charge in [0.1, 0.15) is 45.7 Å². The molecule has 11 nitrogen and oxygen atoms in total. The molecule has 4 aromatic rings. The zero-order chi connectivity index (χ0) is 32.6. The molecular weight excluding hydrogens is 615 g/mol. The summed E-state index contributed by atoms with van der Waals surface area (Å²) in [7, 11) is 0. The number of benzene rings is 1. The van der Waals surface area contributed by atoms with Crippen LogP contribution >= 0.6 is 11.6 Å². The Balaban J connectivity index is 1.55. The summed E-state index contributed by atoms with van der Waals surface area (Å²) in [6.45, 7) is 8.06. The Bertz CT molecular complexity index is 1760. The molecule has 1 fully saturated rings. The molecule has 0 radical (unpaired) electrons. The van der Waals surface area contributed by atoms with Crippen molar-refractivity contribution < 1.29 is 32.2 Å². The van der Waals surface area contributed by atoms with Crippen LogP contribution in [0.1, 0.15) is 55.5 Å². The second-order valence-electron chi connectivity index (χ2n) is 10.8. The van der Waals surface area contributed by atoms with Crippen molar-refractivity contribution in [3.63, 3.8) is 0 Å². The quantitative estimate of drug-likeness (QED) is 0.263. The average molecular weight is 646 g/mol. The van der Waals surface area contributed by atoms with E-state index >= 15 is 0 Å². The Morgan fingerprint density at radius 2 is 1.98 bits per heavy atom. The number of ether oxygens (including phenoxy) is 2. The molecule has 15 heteroatoms. The Morgan fingerprint density at radius 3 is 2.67 bits per heavy atom. The molecule has 1 aliphatic heterocycles. The van der Waals surface area contributed by atoms with Crippen LogP contribution in [0.4, 0.5) is 24.8 Å². The number of morpholine rings is 1. The molecule has 2 atom stereocenters. The number of fused-ring (bicyclic) bond motifs is 1. The largest absolute Gasteiger partial charge is 0.493 e. The highest BCUT2D eigenvalue weighted by atomic mass is 35.5. The molecule has 1 aliphatic rings. The number of nitrogen functional groups attached to an aromatic ring is 1. The number of rotatable bonds is 7. The monoisotopic (exact) mass is 645 g/mol. The highest BCUT2D eigenvalue weighted by molar-refractivity contribution is 6.30. The van der Waals surface area contributed by atoms with Crippen molar-refractivity contribution in [1.29, 1.82) is 0 Å². The van der Waals surface area contributed by atoms with Crippen LogP contribution in [0, 0.1) is 5.92 Å². The molecule has 0 bridgehead atoms. The number of aromatic nitrogens is 4. The van der Waals surface area contributed by atoms with Crippen LogP contribution < -0.4 is 15.8 Å². The maximum atomic E-state index is 13.1. The van der Waals surface area contributed by atoms with Crippen LogP contribution in [-0.2, 0) is 15.7 Å². The van der Waals surface area contributed by atoms with Gasteiger partial charge in [-0.1, -0.05) is 25.4 Å². The Morgan fingerprint density at radius 1 is 1.22 bits per heavy atom. The van der Waals surface area contributed by atoms with E-state index in [9.17, 15) is 22.8 Å². The minimum Gasteiger partial charge on any atom is -0.493 e. The standard InChI is InChI=1S/C30H31ClF3N7O4/c1-5-44-20-10-17(28(42)38-23-11-18(8-9-36-23)30(32,33)34)6-7-19(20)24-25-26(35)37-12-22(31)41(25)27(39-24)21-13-40(16(4)14-45-21)29(43)15(2)3/h6-12,15-16,21H,5,13-14H2,1-4H3,(H2,35,37)(H,36,38,42)/t16-,21+/m0/s1. The fourth-order valence-corrected chi connectivity index (χ4v) is 5.30. The summed E-state index contributed by atoms with van der Waals surface area (Å²) in [4.78, 5) is 40.7. The fraction of sp³-hybridized carbons (Fsp3) is 0.367. The first-order valence-corrected chi connectivity index (χ1v) is 14.5. The molecular formula is C30H31ClF3N7O4. The summed E-state index contributed by atoms with van der Waals surface area (Å²) in [5.74, 6) is -0.425. The number of nitrogens with zero attached hydrogens (tertiary/aromatic N) is 5. The summed E-state index contributed by atoms with van der Waals surface area (Å²) >= 11 is 6.62. The van der Waals surface area contributed by atoms with Crippen molar-refractivity contribution >= 4 is 40.6 Å². The summed E-state index contributed by atoms with van der Waals surface area (Å²) in [5, 5.41) is 2.60. The van der Waals surface area contributed by atoms with Crippen molar-refractivity contribution in [2.45, 2.75) is 46.0 Å². The predicted molar refractivity (Wildman–Crippen MR) is 161 cm³/mol. The molecule has 238 valence electrons. The Hall–Kier alpha value is -4.43. The molecule has 4 heterocycles. The van der Waals surface area contributed by atoms with Crippen molar-refractivity contribution in [2.24, 2.45) is 5.92 Å². The number of carbonyl (C=O) groups is 2. The number of pyridine rings is 1. The van der Waals surface area contributed by atoms with Crippen LogP contribution in [0.15, 0.2) is 42.7 Å². The van der Waals surface area contributed by atoms with Gasteiger partial charge < -0.3 is 25.4 Å². The van der Waals surface area contributed by atoms with E-state index in [-0.39, 0.29) is 65.7 Å². The Labute approximate surface area is 261 Å². The van der Waals surface area contributed by atoms with E-state index in [1.54, 1.807) is 22.3 Å². The predicted octanol–water partition coefficient (Wildman–Crippen LogP) is 5.64. The number of hydrogen-bond acceptors (Lipinski definition) is 8. The smallest absolute Gasteiger partial charge is 0.416 e. The Kier molecular flexibility index (Phi) is 8.90. The number of hydrogen-bond donors (Lipinski definition) is 2. The van der Waals surface area contributed by atoms with Crippen LogP contribution in [0.2, 0.25) is 5.15 Å². The van der Waals surface area contributed by atoms with Gasteiger partial charge in [-0.3, -0.25) is 14.0 Å². The van der Waals surface area contributed by atoms with Gasteiger partial charge in [0.2, 0.25) is 5.91 Å². The highest BCUT2D eigenvalue weighted by Gasteiger charge is 2.35. The highest BCUT2D eigenvalue weighted by Crippen LogP contribution is 2.39. The first kappa shape index (κ1) is 32.0. The lowest BCUT2D eigenvalue weighted by molar-refractivity contribution is -0.148. The van der Waals surface area contributed by atoms with E-state index in [2.05, 4.69) is 15.3 Å². The molecule has 3 aromatic heterocycles. The van der Waals surface area contributed by atoms with Gasteiger partial charge in [0.05, 0.1) is 37.6 Å².